The third-order valence-corrected chi connectivity index (χ3v) is 4.21. The molecule has 1 aromatic heterocycles. The van der Waals surface area contributed by atoms with Crippen molar-refractivity contribution in [2.24, 2.45) is 0 Å². The predicted molar refractivity (Wildman–Crippen MR) is 95.7 cm³/mol. The van der Waals surface area contributed by atoms with Gasteiger partial charge in [-0.05, 0) is 50.5 Å². The van der Waals surface area contributed by atoms with Crippen molar-refractivity contribution in [3.63, 3.8) is 0 Å². The number of carbonyl (C=O) groups is 1. The van der Waals surface area contributed by atoms with Gasteiger partial charge in [-0.25, -0.2) is 0 Å². The largest absolute Gasteiger partial charge is 0.376 e. The van der Waals surface area contributed by atoms with Crippen LogP contribution in [0.3, 0.4) is 0 Å². The maximum absolute atomic E-state index is 12.0. The summed E-state index contributed by atoms with van der Waals surface area (Å²) in [5.41, 5.74) is 3.98. The summed E-state index contributed by atoms with van der Waals surface area (Å²) in [5.74, 6) is -0.152. The first-order valence-corrected chi connectivity index (χ1v) is 8.69. The van der Waals surface area contributed by atoms with Crippen LogP contribution < -0.4 is 5.32 Å². The molecule has 0 radical (unpaired) electrons. The molecule has 134 valence electrons. The second-order valence-corrected chi connectivity index (χ2v) is 6.48. The molecular weight excluding hydrogens is 318 g/mol. The SMILES string of the molecule is Cc1cc(C)n(Cc2cccc(NC(=O)COC[C@H]3CCCO3)c2)n1. The van der Waals surface area contributed by atoms with Gasteiger partial charge in [0, 0.05) is 18.0 Å². The number of benzene rings is 1. The highest BCUT2D eigenvalue weighted by Crippen LogP contribution is 2.14. The van der Waals surface area contributed by atoms with Crippen LogP contribution in [0.5, 0.6) is 0 Å². The third kappa shape index (κ3) is 5.14. The van der Waals surface area contributed by atoms with E-state index in [1.807, 2.05) is 42.8 Å². The van der Waals surface area contributed by atoms with Crippen molar-refractivity contribution in [3.8, 4) is 0 Å². The lowest BCUT2D eigenvalue weighted by Gasteiger charge is -2.11. The molecule has 25 heavy (non-hydrogen) atoms. The molecule has 1 N–H and O–H groups in total. The van der Waals surface area contributed by atoms with E-state index in [-0.39, 0.29) is 18.6 Å². The van der Waals surface area contributed by atoms with Crippen LogP contribution in [-0.4, -0.2) is 41.6 Å². The first-order chi connectivity index (χ1) is 12.1. The Balaban J connectivity index is 1.50. The second kappa shape index (κ2) is 8.27. The summed E-state index contributed by atoms with van der Waals surface area (Å²) in [5, 5.41) is 7.35. The number of hydrogen-bond donors (Lipinski definition) is 1. The van der Waals surface area contributed by atoms with Gasteiger partial charge in [0.15, 0.2) is 0 Å². The molecule has 1 aliphatic rings. The normalized spacial score (nSPS) is 17.0. The van der Waals surface area contributed by atoms with Crippen molar-refractivity contribution in [2.45, 2.75) is 39.3 Å². The zero-order chi connectivity index (χ0) is 17.6. The zero-order valence-electron chi connectivity index (χ0n) is 14.8. The van der Waals surface area contributed by atoms with Gasteiger partial charge in [-0.3, -0.25) is 9.48 Å². The summed E-state index contributed by atoms with van der Waals surface area (Å²) in [6, 6.07) is 9.86. The Morgan fingerprint density at radius 1 is 1.40 bits per heavy atom. The molecule has 3 rings (SSSR count). The highest BCUT2D eigenvalue weighted by molar-refractivity contribution is 5.91. The van der Waals surface area contributed by atoms with Gasteiger partial charge < -0.3 is 14.8 Å². The molecule has 6 heteroatoms. The lowest BCUT2D eigenvalue weighted by molar-refractivity contribution is -0.121. The number of nitrogens with zero attached hydrogens (tertiary/aromatic N) is 2. The van der Waals surface area contributed by atoms with Crippen molar-refractivity contribution >= 4 is 11.6 Å². The van der Waals surface area contributed by atoms with Gasteiger partial charge in [-0.1, -0.05) is 12.1 Å². The lowest BCUT2D eigenvalue weighted by atomic mass is 10.2. The minimum absolute atomic E-state index is 0.0432. The van der Waals surface area contributed by atoms with Crippen molar-refractivity contribution in [3.05, 3.63) is 47.3 Å². The van der Waals surface area contributed by atoms with E-state index < -0.39 is 0 Å². The number of aryl methyl sites for hydroxylation is 2. The number of carbonyl (C=O) groups excluding carboxylic acids is 1. The number of rotatable bonds is 7. The number of nitrogens with one attached hydrogen (secondary N) is 1. The maximum Gasteiger partial charge on any atom is 0.250 e. The lowest BCUT2D eigenvalue weighted by Crippen LogP contribution is -2.22. The van der Waals surface area contributed by atoms with Gasteiger partial charge in [-0.15, -0.1) is 0 Å². The standard InChI is InChI=1S/C19H25N3O3/c1-14-9-15(2)22(21-14)11-16-5-3-6-17(10-16)20-19(23)13-24-12-18-7-4-8-25-18/h3,5-6,9-10,18H,4,7-8,11-13H2,1-2H3,(H,20,23)/t18-/m1/s1. The van der Waals surface area contributed by atoms with E-state index in [0.717, 1.165) is 42.1 Å². The van der Waals surface area contributed by atoms with Crippen molar-refractivity contribution in [1.82, 2.24) is 9.78 Å². The number of anilines is 1. The molecule has 6 nitrogen and oxygen atoms in total. The Kier molecular flexibility index (Phi) is 5.83. The van der Waals surface area contributed by atoms with Gasteiger partial charge in [0.2, 0.25) is 5.91 Å². The number of ether oxygens (including phenoxy) is 2. The van der Waals surface area contributed by atoms with E-state index in [4.69, 9.17) is 9.47 Å². The average molecular weight is 343 g/mol. The molecule has 0 spiro atoms. The van der Waals surface area contributed by atoms with Crippen LogP contribution in [0.2, 0.25) is 0 Å². The summed E-state index contributed by atoms with van der Waals surface area (Å²) >= 11 is 0. The monoisotopic (exact) mass is 343 g/mol. The number of aromatic nitrogens is 2. The Morgan fingerprint density at radius 2 is 2.28 bits per heavy atom. The molecule has 2 aromatic rings. The quantitative estimate of drug-likeness (QED) is 0.839. The van der Waals surface area contributed by atoms with Crippen LogP contribution >= 0.6 is 0 Å². The van der Waals surface area contributed by atoms with Crippen LogP contribution in [0.25, 0.3) is 0 Å². The van der Waals surface area contributed by atoms with Gasteiger partial charge in [-0.2, -0.15) is 5.10 Å². The Hall–Kier alpha value is -2.18. The van der Waals surface area contributed by atoms with E-state index in [2.05, 4.69) is 16.5 Å². The molecular formula is C19H25N3O3. The Labute approximate surface area is 148 Å². The van der Waals surface area contributed by atoms with Crippen molar-refractivity contribution < 1.29 is 14.3 Å². The fraction of sp³-hybridized carbons (Fsp3) is 0.474. The molecule has 1 atom stereocenters. The topological polar surface area (TPSA) is 65.4 Å². The smallest absolute Gasteiger partial charge is 0.250 e. The minimum atomic E-state index is -0.152. The van der Waals surface area contributed by atoms with Crippen molar-refractivity contribution in [1.29, 1.82) is 0 Å². The molecule has 1 aliphatic heterocycles. The summed E-state index contributed by atoms with van der Waals surface area (Å²) in [6.45, 7) is 6.02. The van der Waals surface area contributed by atoms with E-state index in [1.165, 1.54) is 0 Å². The third-order valence-electron chi connectivity index (χ3n) is 4.21. The van der Waals surface area contributed by atoms with Crippen molar-refractivity contribution in [2.75, 3.05) is 25.1 Å². The van der Waals surface area contributed by atoms with Gasteiger partial charge in [0.1, 0.15) is 6.61 Å². The highest BCUT2D eigenvalue weighted by atomic mass is 16.5. The molecule has 0 aliphatic carbocycles. The summed E-state index contributed by atoms with van der Waals surface area (Å²) in [4.78, 5) is 12.0. The molecule has 1 saturated heterocycles. The first-order valence-electron chi connectivity index (χ1n) is 8.69. The molecule has 1 amide bonds. The number of hydrogen-bond acceptors (Lipinski definition) is 4. The van der Waals surface area contributed by atoms with Gasteiger partial charge in [0.25, 0.3) is 0 Å². The number of amides is 1. The molecule has 2 heterocycles. The molecule has 0 bridgehead atoms. The van der Waals surface area contributed by atoms with E-state index in [1.54, 1.807) is 0 Å². The second-order valence-electron chi connectivity index (χ2n) is 6.48. The average Bonchev–Trinajstić information content (AvgIpc) is 3.18. The van der Waals surface area contributed by atoms with Gasteiger partial charge in [0.05, 0.1) is 24.9 Å². The Bertz CT molecular complexity index is 720. The minimum Gasteiger partial charge on any atom is -0.376 e. The van der Waals surface area contributed by atoms with Crippen LogP contribution in [0, 0.1) is 13.8 Å². The van der Waals surface area contributed by atoms with E-state index in [9.17, 15) is 4.79 Å². The van der Waals surface area contributed by atoms with Gasteiger partial charge >= 0.3 is 0 Å². The summed E-state index contributed by atoms with van der Waals surface area (Å²) in [7, 11) is 0. The Morgan fingerprint density at radius 3 is 3.00 bits per heavy atom. The zero-order valence-corrected chi connectivity index (χ0v) is 14.8. The molecule has 1 aromatic carbocycles. The predicted octanol–water partition coefficient (Wildman–Crippen LogP) is 2.68. The molecule has 1 fully saturated rings. The molecule has 0 unspecified atom stereocenters. The van der Waals surface area contributed by atoms with E-state index >= 15 is 0 Å². The van der Waals surface area contributed by atoms with Crippen LogP contribution in [0.4, 0.5) is 5.69 Å². The fourth-order valence-corrected chi connectivity index (χ4v) is 3.01. The van der Waals surface area contributed by atoms with Crippen LogP contribution in [-0.2, 0) is 20.8 Å². The first kappa shape index (κ1) is 17.6. The van der Waals surface area contributed by atoms with Crippen LogP contribution in [0.15, 0.2) is 30.3 Å². The fourth-order valence-electron chi connectivity index (χ4n) is 3.01. The highest BCUT2D eigenvalue weighted by Gasteiger charge is 2.16. The van der Waals surface area contributed by atoms with E-state index in [0.29, 0.717) is 13.2 Å². The summed E-state index contributed by atoms with van der Waals surface area (Å²) in [6.07, 6.45) is 2.22. The molecule has 0 saturated carbocycles. The maximum atomic E-state index is 12.0. The summed E-state index contributed by atoms with van der Waals surface area (Å²) < 4.78 is 12.9. The van der Waals surface area contributed by atoms with Crippen LogP contribution in [0.1, 0.15) is 29.8 Å².